The molecule has 0 radical (unpaired) electrons. The van der Waals surface area contributed by atoms with Gasteiger partial charge in [-0.2, -0.15) is 0 Å². The van der Waals surface area contributed by atoms with Crippen LogP contribution in [0.1, 0.15) is 10.4 Å². The van der Waals surface area contributed by atoms with E-state index in [1.807, 2.05) is 0 Å². The summed E-state index contributed by atoms with van der Waals surface area (Å²) in [6.07, 6.45) is 1.32. The number of rotatable bonds is 4. The molecule has 6 nitrogen and oxygen atoms in total. The summed E-state index contributed by atoms with van der Waals surface area (Å²) in [7, 11) is 0. The largest absolute Gasteiger partial charge is 0.452 e. The zero-order valence-corrected chi connectivity index (χ0v) is 8.50. The van der Waals surface area contributed by atoms with Gasteiger partial charge in [-0.25, -0.2) is 4.79 Å². The maximum Gasteiger partial charge on any atom is 0.312 e. The highest BCUT2D eigenvalue weighted by molar-refractivity contribution is 6.32. The van der Waals surface area contributed by atoms with Gasteiger partial charge in [0, 0.05) is 13.1 Å². The molecule has 0 aromatic carbocycles. The summed E-state index contributed by atoms with van der Waals surface area (Å²) in [5.41, 5.74) is 5.09. The van der Waals surface area contributed by atoms with E-state index in [0.717, 1.165) is 0 Å². The molecule has 1 heterocycles. The number of primary amides is 1. The van der Waals surface area contributed by atoms with Gasteiger partial charge in [0.25, 0.3) is 5.91 Å². The summed E-state index contributed by atoms with van der Waals surface area (Å²) in [4.78, 5) is 21.7. The van der Waals surface area contributed by atoms with E-state index < -0.39 is 6.03 Å². The molecule has 0 fully saturated rings. The predicted octanol–water partition coefficient (Wildman–Crippen LogP) is 0.331. The van der Waals surface area contributed by atoms with E-state index in [1.54, 1.807) is 0 Å². The summed E-state index contributed by atoms with van der Waals surface area (Å²) in [5.74, 6) is -0.361. The van der Waals surface area contributed by atoms with E-state index in [4.69, 9.17) is 21.8 Å². The van der Waals surface area contributed by atoms with Crippen LogP contribution in [0, 0.1) is 0 Å². The van der Waals surface area contributed by atoms with Crippen LogP contribution in [0.15, 0.2) is 16.7 Å². The van der Waals surface area contributed by atoms with Crippen molar-refractivity contribution in [1.29, 1.82) is 0 Å². The fourth-order valence-electron chi connectivity index (χ4n) is 0.913. The molecule has 0 unspecified atom stereocenters. The molecule has 0 aliphatic heterocycles. The lowest BCUT2D eigenvalue weighted by Gasteiger charge is -2.03. The van der Waals surface area contributed by atoms with E-state index in [1.165, 1.54) is 12.3 Å². The molecular formula is C8H10ClN3O3. The quantitative estimate of drug-likeness (QED) is 0.652. The number of urea groups is 1. The Bertz CT molecular complexity index is 364. The van der Waals surface area contributed by atoms with Gasteiger partial charge in [0.05, 0.1) is 11.8 Å². The molecule has 0 saturated carbocycles. The van der Waals surface area contributed by atoms with Crippen LogP contribution in [0.3, 0.4) is 0 Å². The van der Waals surface area contributed by atoms with Gasteiger partial charge in [0.1, 0.15) is 0 Å². The number of hydrogen-bond acceptors (Lipinski definition) is 3. The van der Waals surface area contributed by atoms with E-state index in [9.17, 15) is 9.59 Å². The van der Waals surface area contributed by atoms with Crippen LogP contribution in [0.2, 0.25) is 5.22 Å². The van der Waals surface area contributed by atoms with Crippen LogP contribution in [0.25, 0.3) is 0 Å². The lowest BCUT2D eigenvalue weighted by molar-refractivity contribution is 0.0953. The molecule has 0 spiro atoms. The lowest BCUT2D eigenvalue weighted by Crippen LogP contribution is -2.37. The van der Waals surface area contributed by atoms with Crippen molar-refractivity contribution < 1.29 is 14.0 Å². The number of hydrogen-bond donors (Lipinski definition) is 3. The number of halogens is 1. The molecule has 1 aromatic rings. The zero-order valence-electron chi connectivity index (χ0n) is 7.75. The minimum atomic E-state index is -0.634. The van der Waals surface area contributed by atoms with Crippen molar-refractivity contribution in [2.45, 2.75) is 0 Å². The second-order valence-electron chi connectivity index (χ2n) is 2.65. The standard InChI is InChI=1S/C8H10ClN3O3/c9-6-5(1-4-15-6)7(13)11-2-3-12-8(10)14/h1,4H,2-3H2,(H,11,13)(H3,10,12,14). The van der Waals surface area contributed by atoms with Gasteiger partial charge >= 0.3 is 6.03 Å². The first kappa shape index (κ1) is 11.4. The van der Waals surface area contributed by atoms with Crippen molar-refractivity contribution in [2.24, 2.45) is 5.73 Å². The molecule has 0 aliphatic rings. The summed E-state index contributed by atoms with van der Waals surface area (Å²) in [6.45, 7) is 0.528. The molecule has 0 saturated heterocycles. The fraction of sp³-hybridized carbons (Fsp3) is 0.250. The van der Waals surface area contributed by atoms with E-state index in [2.05, 4.69) is 10.6 Å². The Morgan fingerprint density at radius 1 is 1.40 bits per heavy atom. The van der Waals surface area contributed by atoms with Crippen LogP contribution in [0.5, 0.6) is 0 Å². The Kier molecular flexibility index (Phi) is 3.99. The second-order valence-corrected chi connectivity index (χ2v) is 3.00. The highest BCUT2D eigenvalue weighted by atomic mass is 35.5. The van der Waals surface area contributed by atoms with Crippen molar-refractivity contribution in [3.05, 3.63) is 23.1 Å². The van der Waals surface area contributed by atoms with Crippen LogP contribution in [-0.4, -0.2) is 25.0 Å². The molecule has 0 bridgehead atoms. The molecular weight excluding hydrogens is 222 g/mol. The van der Waals surface area contributed by atoms with Crippen LogP contribution >= 0.6 is 11.6 Å². The molecule has 15 heavy (non-hydrogen) atoms. The maximum atomic E-state index is 11.4. The van der Waals surface area contributed by atoms with Gasteiger partial charge in [-0.05, 0) is 17.7 Å². The van der Waals surface area contributed by atoms with Crippen molar-refractivity contribution in [3.63, 3.8) is 0 Å². The summed E-state index contributed by atoms with van der Waals surface area (Å²) in [6, 6.07) is 0.824. The summed E-state index contributed by atoms with van der Waals surface area (Å²) >= 11 is 5.58. The Morgan fingerprint density at radius 2 is 2.07 bits per heavy atom. The van der Waals surface area contributed by atoms with Crippen LogP contribution in [-0.2, 0) is 0 Å². The average Bonchev–Trinajstić information content (AvgIpc) is 2.58. The monoisotopic (exact) mass is 231 g/mol. The normalized spacial score (nSPS) is 9.67. The first-order valence-electron chi connectivity index (χ1n) is 4.15. The van der Waals surface area contributed by atoms with Gasteiger partial charge in [-0.3, -0.25) is 4.79 Å². The Morgan fingerprint density at radius 3 is 2.60 bits per heavy atom. The minimum Gasteiger partial charge on any atom is -0.452 e. The van der Waals surface area contributed by atoms with Gasteiger partial charge in [0.15, 0.2) is 0 Å². The third-order valence-electron chi connectivity index (χ3n) is 1.57. The molecule has 1 rings (SSSR count). The molecule has 82 valence electrons. The number of nitrogens with two attached hydrogens (primary N) is 1. The van der Waals surface area contributed by atoms with Gasteiger partial charge in [-0.1, -0.05) is 0 Å². The highest BCUT2D eigenvalue weighted by Crippen LogP contribution is 2.15. The van der Waals surface area contributed by atoms with E-state index >= 15 is 0 Å². The van der Waals surface area contributed by atoms with E-state index in [0.29, 0.717) is 0 Å². The number of amides is 3. The van der Waals surface area contributed by atoms with Crippen molar-refractivity contribution >= 4 is 23.5 Å². The number of nitrogens with one attached hydrogen (secondary N) is 2. The first-order valence-corrected chi connectivity index (χ1v) is 4.53. The maximum absolute atomic E-state index is 11.4. The molecule has 0 atom stereocenters. The van der Waals surface area contributed by atoms with E-state index in [-0.39, 0.29) is 29.8 Å². The molecule has 3 amide bonds. The average molecular weight is 232 g/mol. The van der Waals surface area contributed by atoms with Crippen molar-refractivity contribution in [2.75, 3.05) is 13.1 Å². The van der Waals surface area contributed by atoms with Crippen molar-refractivity contribution in [1.82, 2.24) is 10.6 Å². The molecule has 0 aliphatic carbocycles. The SMILES string of the molecule is NC(=O)NCCNC(=O)c1ccoc1Cl. The van der Waals surface area contributed by atoms with Crippen LogP contribution in [0.4, 0.5) is 4.79 Å². The number of furan rings is 1. The predicted molar refractivity (Wildman–Crippen MR) is 53.6 cm³/mol. The zero-order chi connectivity index (χ0) is 11.3. The molecule has 4 N–H and O–H groups in total. The molecule has 1 aromatic heterocycles. The Balaban J connectivity index is 2.31. The van der Waals surface area contributed by atoms with Crippen molar-refractivity contribution in [3.8, 4) is 0 Å². The van der Waals surface area contributed by atoms with Crippen LogP contribution < -0.4 is 16.4 Å². The van der Waals surface area contributed by atoms with Gasteiger partial charge in [-0.15, -0.1) is 0 Å². The summed E-state index contributed by atoms with van der Waals surface area (Å²) in [5, 5.41) is 4.89. The minimum absolute atomic E-state index is 0.0374. The highest BCUT2D eigenvalue weighted by Gasteiger charge is 2.11. The Hall–Kier alpha value is -1.69. The number of carbonyl (C=O) groups is 2. The van der Waals surface area contributed by atoms with Gasteiger partial charge < -0.3 is 20.8 Å². The fourth-order valence-corrected chi connectivity index (χ4v) is 1.11. The Labute approximate surface area is 90.8 Å². The third-order valence-corrected chi connectivity index (χ3v) is 1.87. The molecule has 7 heteroatoms. The topological polar surface area (TPSA) is 97.4 Å². The van der Waals surface area contributed by atoms with Gasteiger partial charge in [0.2, 0.25) is 5.22 Å². The number of carbonyl (C=O) groups excluding carboxylic acids is 2. The first-order chi connectivity index (χ1) is 7.11. The lowest BCUT2D eigenvalue weighted by atomic mass is 10.3. The third kappa shape index (κ3) is 3.51. The smallest absolute Gasteiger partial charge is 0.312 e. The summed E-state index contributed by atoms with van der Waals surface area (Å²) < 4.78 is 4.75. The second kappa shape index (κ2) is 5.26.